The van der Waals surface area contributed by atoms with Gasteiger partial charge in [0.05, 0.1) is 14.2 Å². The van der Waals surface area contributed by atoms with Crippen molar-refractivity contribution in [3.63, 3.8) is 0 Å². The Morgan fingerprint density at radius 2 is 1.89 bits per heavy atom. The second-order valence-electron chi connectivity index (χ2n) is 4.42. The highest BCUT2D eigenvalue weighted by atomic mass is 16.5. The summed E-state index contributed by atoms with van der Waals surface area (Å²) in [4.78, 5) is 12.4. The molecule has 0 atom stereocenters. The minimum Gasteiger partial charge on any atom is -0.497 e. The molecule has 0 heterocycles. The predicted octanol–water partition coefficient (Wildman–Crippen LogP) is 1.09. The lowest BCUT2D eigenvalue weighted by atomic mass is 9.92. The van der Waals surface area contributed by atoms with Crippen LogP contribution in [-0.4, -0.2) is 20.0 Å². The average molecular weight is 253 g/mol. The summed E-state index contributed by atoms with van der Waals surface area (Å²) < 4.78 is 10.6. The lowest BCUT2D eigenvalue weighted by Gasteiger charge is -2.18. The van der Waals surface area contributed by atoms with Crippen LogP contribution >= 0.6 is 0 Å². The van der Waals surface area contributed by atoms with Crippen LogP contribution in [-0.2, 0) is 9.47 Å². The molecular weight excluding hydrogens is 240 g/mol. The van der Waals surface area contributed by atoms with Gasteiger partial charge in [-0.2, -0.15) is 0 Å². The summed E-state index contributed by atoms with van der Waals surface area (Å²) in [5, 5.41) is 1.69. The van der Waals surface area contributed by atoms with E-state index >= 15 is 0 Å². The monoisotopic (exact) mass is 253 g/mol. The highest BCUT2D eigenvalue weighted by Gasteiger charge is 2.36. The molecule has 3 nitrogen and oxygen atoms in total. The van der Waals surface area contributed by atoms with Crippen LogP contribution in [0.3, 0.4) is 0 Å². The number of hydrogen-bond acceptors (Lipinski definition) is 3. The van der Waals surface area contributed by atoms with Crippen molar-refractivity contribution in [3.05, 3.63) is 63.8 Å². The minimum atomic E-state index is -0.00676. The third-order valence-corrected chi connectivity index (χ3v) is 3.42. The van der Waals surface area contributed by atoms with Gasteiger partial charge in [-0.25, -0.2) is 0 Å². The molecule has 1 aromatic carbocycles. The smallest absolute Gasteiger partial charge is 0.179 e. The highest BCUT2D eigenvalue weighted by molar-refractivity contribution is 6.22. The van der Waals surface area contributed by atoms with Gasteiger partial charge in [-0.15, -0.1) is 0 Å². The summed E-state index contributed by atoms with van der Waals surface area (Å²) in [5.41, 5.74) is 1.49. The van der Waals surface area contributed by atoms with Gasteiger partial charge < -0.3 is 9.47 Å². The summed E-state index contributed by atoms with van der Waals surface area (Å²) in [6.45, 7) is 4.00. The first kappa shape index (κ1) is 11.8. The van der Waals surface area contributed by atoms with E-state index in [1.807, 2.05) is 18.2 Å². The summed E-state index contributed by atoms with van der Waals surface area (Å²) >= 11 is 0. The Hall–Kier alpha value is -2.29. The first-order valence-corrected chi connectivity index (χ1v) is 5.93. The third kappa shape index (κ3) is 1.55. The summed E-state index contributed by atoms with van der Waals surface area (Å²) in [5.74, 6) is 1.86. The van der Waals surface area contributed by atoms with Crippen LogP contribution in [0.1, 0.15) is 10.4 Å². The summed E-state index contributed by atoms with van der Waals surface area (Å²) in [7, 11) is 3.16. The van der Waals surface area contributed by atoms with Gasteiger partial charge in [-0.3, -0.25) is 4.79 Å². The normalized spacial score (nSPS) is 17.6. The molecule has 0 N–H and O–H groups in total. The third-order valence-electron chi connectivity index (χ3n) is 3.42. The first-order valence-electron chi connectivity index (χ1n) is 5.93. The molecule has 0 saturated carbocycles. The van der Waals surface area contributed by atoms with E-state index in [4.69, 9.17) is 9.47 Å². The van der Waals surface area contributed by atoms with Crippen molar-refractivity contribution in [2.45, 2.75) is 0 Å². The maximum Gasteiger partial charge on any atom is 0.179 e. The molecule has 0 saturated heterocycles. The Balaban J connectivity index is 2.37. The standard InChI is InChI=1S/C16H13O3/c1-9-5-4-6-11-14(9)15-12(16(11)17)7-10(18-2)8-13(15)19-3/h4-8H,1H2,2-3H3. The van der Waals surface area contributed by atoms with Crippen LogP contribution in [0.15, 0.2) is 41.9 Å². The molecule has 0 unspecified atom stereocenters. The number of Topliss-reactive ketones (excluding diaryl/α,β-unsaturated/α-hetero) is 1. The molecular formula is C16H13O3. The minimum absolute atomic E-state index is 0.00676. The Kier molecular flexibility index (Phi) is 2.56. The molecule has 3 rings (SSSR count). The molecule has 0 bridgehead atoms. The van der Waals surface area contributed by atoms with Gasteiger partial charge in [0.1, 0.15) is 17.4 Å². The van der Waals surface area contributed by atoms with Crippen molar-refractivity contribution >= 4 is 17.9 Å². The number of fused-ring (bicyclic) bond motifs is 2. The first-order chi connectivity index (χ1) is 9.17. The molecule has 3 heteroatoms. The number of benzene rings is 1. The van der Waals surface area contributed by atoms with E-state index in [1.54, 1.807) is 26.4 Å². The van der Waals surface area contributed by atoms with Crippen LogP contribution < -0.4 is 10.4 Å². The predicted molar refractivity (Wildman–Crippen MR) is 72.4 cm³/mol. The van der Waals surface area contributed by atoms with E-state index in [-0.39, 0.29) is 5.78 Å². The largest absolute Gasteiger partial charge is 0.497 e. The molecule has 1 aromatic rings. The quantitative estimate of drug-likeness (QED) is 0.791. The summed E-state index contributed by atoms with van der Waals surface area (Å²) in [6, 6.07) is 5.55. The van der Waals surface area contributed by atoms with Crippen molar-refractivity contribution in [1.29, 1.82) is 0 Å². The van der Waals surface area contributed by atoms with Crippen molar-refractivity contribution in [1.82, 2.24) is 0 Å². The van der Waals surface area contributed by atoms with Gasteiger partial charge in [0.15, 0.2) is 5.78 Å². The number of carbonyl (C=O) groups is 1. The van der Waals surface area contributed by atoms with Gasteiger partial charge in [0.2, 0.25) is 0 Å². The molecule has 2 aliphatic carbocycles. The maximum atomic E-state index is 12.4. The molecule has 0 aliphatic heterocycles. The maximum absolute atomic E-state index is 12.4. The number of ketones is 1. The van der Waals surface area contributed by atoms with Crippen LogP contribution in [0, 0.1) is 5.92 Å². The van der Waals surface area contributed by atoms with Gasteiger partial charge >= 0.3 is 0 Å². The average Bonchev–Trinajstić information content (AvgIpc) is 2.73. The fourth-order valence-corrected chi connectivity index (χ4v) is 2.54. The van der Waals surface area contributed by atoms with E-state index in [0.717, 1.165) is 16.0 Å². The van der Waals surface area contributed by atoms with Gasteiger partial charge in [-0.05, 0) is 11.3 Å². The lowest BCUT2D eigenvalue weighted by molar-refractivity contribution is 0.102. The van der Waals surface area contributed by atoms with Crippen molar-refractivity contribution < 1.29 is 14.3 Å². The zero-order valence-electron chi connectivity index (χ0n) is 10.8. The fraction of sp³-hybridized carbons (Fsp3) is 0.125. The van der Waals surface area contributed by atoms with Crippen molar-refractivity contribution in [2.75, 3.05) is 14.2 Å². The Bertz CT molecular complexity index is 738. The van der Waals surface area contributed by atoms with Gasteiger partial charge in [0, 0.05) is 22.4 Å². The van der Waals surface area contributed by atoms with E-state index in [9.17, 15) is 4.79 Å². The molecule has 0 fully saturated rings. The highest BCUT2D eigenvalue weighted by Crippen LogP contribution is 2.36. The topological polar surface area (TPSA) is 35.5 Å². The number of methoxy groups -OCH3 is 2. The van der Waals surface area contributed by atoms with E-state index in [2.05, 4.69) is 6.58 Å². The Morgan fingerprint density at radius 1 is 1.11 bits per heavy atom. The van der Waals surface area contributed by atoms with Gasteiger partial charge in [-0.1, -0.05) is 24.8 Å². The summed E-state index contributed by atoms with van der Waals surface area (Å²) in [6.07, 6.45) is 3.54. The van der Waals surface area contributed by atoms with Crippen LogP contribution in [0.5, 0.6) is 0 Å². The van der Waals surface area contributed by atoms with Crippen LogP contribution in [0.25, 0.3) is 12.2 Å². The second-order valence-corrected chi connectivity index (χ2v) is 4.42. The molecule has 0 aromatic heterocycles. The fourth-order valence-electron chi connectivity index (χ4n) is 2.54. The molecule has 95 valence electrons. The number of carbonyl (C=O) groups excluding carboxylic acids is 1. The van der Waals surface area contributed by atoms with Crippen molar-refractivity contribution in [2.24, 2.45) is 0 Å². The second kappa shape index (κ2) is 4.12. The van der Waals surface area contributed by atoms with Crippen LogP contribution in [0.4, 0.5) is 0 Å². The molecule has 0 amide bonds. The molecule has 19 heavy (non-hydrogen) atoms. The van der Waals surface area contributed by atoms with Crippen molar-refractivity contribution in [3.8, 4) is 0 Å². The van der Waals surface area contributed by atoms with Gasteiger partial charge in [0.25, 0.3) is 0 Å². The number of ether oxygens (including phenoxy) is 2. The lowest BCUT2D eigenvalue weighted by Crippen LogP contribution is -2.27. The molecule has 2 aliphatic rings. The SMILES string of the molecule is C=c1cccc2c1=C1[C](C=C(OC)C=C1OC)C2=O. The van der Waals surface area contributed by atoms with E-state index < -0.39 is 0 Å². The Morgan fingerprint density at radius 3 is 2.58 bits per heavy atom. The number of allylic oxidation sites excluding steroid dienone is 3. The van der Waals surface area contributed by atoms with E-state index in [1.165, 1.54) is 0 Å². The Labute approximate surface area is 111 Å². The zero-order chi connectivity index (χ0) is 13.6. The molecule has 0 spiro atoms. The number of hydrogen-bond donors (Lipinski definition) is 0. The number of rotatable bonds is 2. The van der Waals surface area contributed by atoms with E-state index in [0.29, 0.717) is 23.0 Å². The molecule has 1 radical (unpaired) electrons. The zero-order valence-corrected chi connectivity index (χ0v) is 10.8. The van der Waals surface area contributed by atoms with Crippen LogP contribution in [0.2, 0.25) is 0 Å².